The summed E-state index contributed by atoms with van der Waals surface area (Å²) in [7, 11) is 0. The van der Waals surface area contributed by atoms with E-state index in [2.05, 4.69) is 122 Å². The first kappa shape index (κ1) is 18.9. The molecule has 1 heteroatoms. The lowest BCUT2D eigenvalue weighted by Crippen LogP contribution is -2.15. The van der Waals surface area contributed by atoms with Crippen molar-refractivity contribution in [1.82, 2.24) is 0 Å². The third kappa shape index (κ3) is 2.93. The summed E-state index contributed by atoms with van der Waals surface area (Å²) in [5.74, 6) is 0. The monoisotopic (exact) mass is 411 g/mol. The first-order chi connectivity index (χ1) is 15.6. The Kier molecular flexibility index (Phi) is 4.19. The van der Waals surface area contributed by atoms with Crippen LogP contribution in [0.1, 0.15) is 25.0 Å². The standard InChI is InChI=1S/C31H25N/c1-31(2)29-11-7-6-10-27(29)28-18-14-23-20-25(17-19-26(23)30(28)31)32-24-15-12-22(13-16-24)21-8-4-3-5-9-21/h3-20,32H,1-2H3. The maximum Gasteiger partial charge on any atom is 0.0390 e. The summed E-state index contributed by atoms with van der Waals surface area (Å²) in [5, 5.41) is 6.20. The van der Waals surface area contributed by atoms with Crippen LogP contribution in [0.5, 0.6) is 0 Å². The van der Waals surface area contributed by atoms with Crippen molar-refractivity contribution in [1.29, 1.82) is 0 Å². The molecule has 0 spiro atoms. The van der Waals surface area contributed by atoms with E-state index in [1.54, 1.807) is 0 Å². The molecule has 0 atom stereocenters. The lowest BCUT2D eigenvalue weighted by Gasteiger charge is -2.23. The Bertz CT molecular complexity index is 1440. The van der Waals surface area contributed by atoms with E-state index in [0.29, 0.717) is 0 Å². The minimum atomic E-state index is 0.00759. The summed E-state index contributed by atoms with van der Waals surface area (Å²) >= 11 is 0. The summed E-state index contributed by atoms with van der Waals surface area (Å²) in [6, 6.07) is 39.3. The molecular weight excluding hydrogens is 386 g/mol. The summed E-state index contributed by atoms with van der Waals surface area (Å²) in [6.45, 7) is 4.69. The van der Waals surface area contributed by atoms with E-state index in [0.717, 1.165) is 11.4 Å². The van der Waals surface area contributed by atoms with Crippen molar-refractivity contribution in [2.75, 3.05) is 5.32 Å². The molecule has 0 radical (unpaired) electrons. The second kappa shape index (κ2) is 7.10. The molecule has 154 valence electrons. The topological polar surface area (TPSA) is 12.0 Å². The molecule has 0 unspecified atom stereocenters. The quantitative estimate of drug-likeness (QED) is 0.313. The van der Waals surface area contributed by atoms with Crippen molar-refractivity contribution < 1.29 is 0 Å². The predicted molar refractivity (Wildman–Crippen MR) is 137 cm³/mol. The number of hydrogen-bond acceptors (Lipinski definition) is 1. The fraction of sp³-hybridized carbons (Fsp3) is 0.0968. The molecule has 1 aliphatic carbocycles. The van der Waals surface area contributed by atoms with Crippen LogP contribution in [0.4, 0.5) is 11.4 Å². The van der Waals surface area contributed by atoms with Crippen LogP contribution in [0.3, 0.4) is 0 Å². The molecule has 0 saturated heterocycles. The van der Waals surface area contributed by atoms with Gasteiger partial charge in [-0.05, 0) is 68.4 Å². The minimum absolute atomic E-state index is 0.00759. The molecule has 0 saturated carbocycles. The normalized spacial score (nSPS) is 13.6. The smallest absolute Gasteiger partial charge is 0.0390 e. The van der Waals surface area contributed by atoms with Crippen molar-refractivity contribution in [2.45, 2.75) is 19.3 Å². The maximum absolute atomic E-state index is 3.58. The summed E-state index contributed by atoms with van der Waals surface area (Å²) in [4.78, 5) is 0. The van der Waals surface area contributed by atoms with Crippen molar-refractivity contribution in [3.8, 4) is 22.3 Å². The van der Waals surface area contributed by atoms with Gasteiger partial charge in [0, 0.05) is 16.8 Å². The second-order valence-electron chi connectivity index (χ2n) is 9.16. The molecule has 1 nitrogen and oxygen atoms in total. The van der Waals surface area contributed by atoms with Gasteiger partial charge in [-0.25, -0.2) is 0 Å². The average molecular weight is 412 g/mol. The van der Waals surface area contributed by atoms with Crippen LogP contribution in [-0.2, 0) is 5.41 Å². The van der Waals surface area contributed by atoms with Gasteiger partial charge < -0.3 is 5.32 Å². The van der Waals surface area contributed by atoms with E-state index in [4.69, 9.17) is 0 Å². The van der Waals surface area contributed by atoms with Crippen LogP contribution < -0.4 is 5.32 Å². The number of fused-ring (bicyclic) bond motifs is 5. The summed E-state index contributed by atoms with van der Waals surface area (Å²) in [6.07, 6.45) is 0. The first-order valence-electron chi connectivity index (χ1n) is 11.2. The molecular formula is C31H25N. The fourth-order valence-electron chi connectivity index (χ4n) is 5.25. The van der Waals surface area contributed by atoms with Crippen LogP contribution in [0.25, 0.3) is 33.0 Å². The average Bonchev–Trinajstić information content (AvgIpc) is 3.07. The van der Waals surface area contributed by atoms with E-state index in [1.807, 2.05) is 6.07 Å². The van der Waals surface area contributed by atoms with Gasteiger partial charge in [-0.3, -0.25) is 0 Å². The van der Waals surface area contributed by atoms with Gasteiger partial charge in [0.2, 0.25) is 0 Å². The molecule has 5 aromatic carbocycles. The van der Waals surface area contributed by atoms with E-state index >= 15 is 0 Å². The molecule has 0 aromatic heterocycles. The van der Waals surface area contributed by atoms with Gasteiger partial charge in [-0.2, -0.15) is 0 Å². The zero-order valence-electron chi connectivity index (χ0n) is 18.4. The Morgan fingerprint density at radius 2 is 1.25 bits per heavy atom. The van der Waals surface area contributed by atoms with Gasteiger partial charge in [0.15, 0.2) is 0 Å². The molecule has 1 N–H and O–H groups in total. The molecule has 6 rings (SSSR count). The number of anilines is 2. The zero-order valence-corrected chi connectivity index (χ0v) is 18.4. The van der Waals surface area contributed by atoms with Gasteiger partial charge in [-0.1, -0.05) is 98.8 Å². The highest BCUT2D eigenvalue weighted by Gasteiger charge is 2.36. The van der Waals surface area contributed by atoms with Crippen molar-refractivity contribution >= 4 is 22.1 Å². The van der Waals surface area contributed by atoms with Crippen LogP contribution >= 0.6 is 0 Å². The van der Waals surface area contributed by atoms with Crippen LogP contribution in [0.15, 0.2) is 109 Å². The Morgan fingerprint density at radius 1 is 0.562 bits per heavy atom. The third-order valence-corrected chi connectivity index (χ3v) is 6.82. The number of nitrogens with one attached hydrogen (secondary N) is 1. The molecule has 0 fully saturated rings. The highest BCUT2D eigenvalue weighted by molar-refractivity contribution is 5.98. The Labute approximate surface area is 189 Å². The van der Waals surface area contributed by atoms with Gasteiger partial charge in [0.1, 0.15) is 0 Å². The maximum atomic E-state index is 3.58. The van der Waals surface area contributed by atoms with Crippen LogP contribution in [0, 0.1) is 0 Å². The van der Waals surface area contributed by atoms with E-state index in [1.165, 1.54) is 44.2 Å². The zero-order chi connectivity index (χ0) is 21.7. The van der Waals surface area contributed by atoms with Crippen molar-refractivity contribution in [2.24, 2.45) is 0 Å². The lowest BCUT2D eigenvalue weighted by molar-refractivity contribution is 0.666. The van der Waals surface area contributed by atoms with E-state index in [9.17, 15) is 0 Å². The van der Waals surface area contributed by atoms with Crippen LogP contribution in [-0.4, -0.2) is 0 Å². The highest BCUT2D eigenvalue weighted by atomic mass is 14.9. The van der Waals surface area contributed by atoms with Crippen molar-refractivity contribution in [3.05, 3.63) is 120 Å². The van der Waals surface area contributed by atoms with Crippen molar-refractivity contribution in [3.63, 3.8) is 0 Å². The lowest BCUT2D eigenvalue weighted by atomic mass is 9.80. The number of hydrogen-bond donors (Lipinski definition) is 1. The molecule has 0 bridgehead atoms. The number of benzene rings is 5. The molecule has 0 aliphatic heterocycles. The Morgan fingerprint density at radius 3 is 2.06 bits per heavy atom. The largest absolute Gasteiger partial charge is 0.356 e. The highest BCUT2D eigenvalue weighted by Crippen LogP contribution is 2.51. The molecule has 0 heterocycles. The predicted octanol–water partition coefficient (Wildman–Crippen LogP) is 8.56. The Hall–Kier alpha value is -3.84. The van der Waals surface area contributed by atoms with Gasteiger partial charge in [0.25, 0.3) is 0 Å². The molecule has 32 heavy (non-hydrogen) atoms. The molecule has 1 aliphatic rings. The van der Waals surface area contributed by atoms with Crippen LogP contribution in [0.2, 0.25) is 0 Å². The summed E-state index contributed by atoms with van der Waals surface area (Å²) < 4.78 is 0. The number of rotatable bonds is 3. The Balaban J connectivity index is 1.34. The molecule has 5 aromatic rings. The van der Waals surface area contributed by atoms with Gasteiger partial charge in [0.05, 0.1) is 0 Å². The minimum Gasteiger partial charge on any atom is -0.356 e. The first-order valence-corrected chi connectivity index (χ1v) is 11.2. The van der Waals surface area contributed by atoms with E-state index in [-0.39, 0.29) is 5.41 Å². The second-order valence-corrected chi connectivity index (χ2v) is 9.16. The third-order valence-electron chi connectivity index (χ3n) is 6.82. The summed E-state index contributed by atoms with van der Waals surface area (Å²) in [5.41, 5.74) is 10.3. The van der Waals surface area contributed by atoms with E-state index < -0.39 is 0 Å². The fourth-order valence-corrected chi connectivity index (χ4v) is 5.25. The molecule has 0 amide bonds. The SMILES string of the molecule is CC1(C)c2ccccc2-c2ccc3cc(Nc4ccc(-c5ccccc5)cc4)ccc3c21. The van der Waals surface area contributed by atoms with Gasteiger partial charge >= 0.3 is 0 Å². The van der Waals surface area contributed by atoms with Gasteiger partial charge in [-0.15, -0.1) is 0 Å².